The predicted octanol–water partition coefficient (Wildman–Crippen LogP) is 4.77. The molecule has 3 rings (SSSR count). The van der Waals surface area contributed by atoms with Crippen LogP contribution in [-0.2, 0) is 15.5 Å². The van der Waals surface area contributed by atoms with Crippen molar-refractivity contribution in [3.63, 3.8) is 0 Å². The molecule has 3 aromatic carbocycles. The number of rotatable bonds is 4. The second-order valence-electron chi connectivity index (χ2n) is 5.66. The zero-order valence-corrected chi connectivity index (χ0v) is 14.2. The van der Waals surface area contributed by atoms with Crippen molar-refractivity contribution in [3.8, 4) is 0 Å². The van der Waals surface area contributed by atoms with Crippen molar-refractivity contribution < 1.29 is 17.4 Å². The summed E-state index contributed by atoms with van der Waals surface area (Å²) >= 11 is 0. The molecule has 3 aromatic rings. The van der Waals surface area contributed by atoms with Crippen LogP contribution in [0.3, 0.4) is 0 Å². The molecular weight excluding hydrogens is 345 g/mol. The first-order valence-electron chi connectivity index (χ1n) is 7.56. The van der Waals surface area contributed by atoms with Gasteiger partial charge in [0.25, 0.3) is 0 Å². The summed E-state index contributed by atoms with van der Waals surface area (Å²) in [6.07, 6.45) is 1.52. The van der Waals surface area contributed by atoms with Gasteiger partial charge in [0, 0.05) is 17.1 Å². The summed E-state index contributed by atoms with van der Waals surface area (Å²) in [5, 5.41) is 0. The van der Waals surface area contributed by atoms with E-state index in [4.69, 9.17) is 0 Å². The maximum atomic E-state index is 13.4. The number of halogens is 3. The third-order valence-electron chi connectivity index (χ3n) is 4.18. The summed E-state index contributed by atoms with van der Waals surface area (Å²) in [6, 6.07) is 17.0. The summed E-state index contributed by atoms with van der Waals surface area (Å²) in [4.78, 5) is 0. The van der Waals surface area contributed by atoms with Crippen LogP contribution in [0.15, 0.2) is 72.8 Å². The maximum Gasteiger partial charge on any atom is 0.123 e. The highest BCUT2D eigenvalue weighted by atomic mass is 32.2. The summed E-state index contributed by atoms with van der Waals surface area (Å²) in [7, 11) is -1.50. The molecular formula is C20H15F3OS. The molecule has 0 N–H and O–H groups in total. The lowest BCUT2D eigenvalue weighted by atomic mass is 9.84. The predicted molar refractivity (Wildman–Crippen MR) is 93.1 cm³/mol. The highest BCUT2D eigenvalue weighted by Gasteiger charge is 2.40. The molecule has 0 radical (unpaired) electrons. The highest BCUT2D eigenvalue weighted by molar-refractivity contribution is 7.85. The van der Waals surface area contributed by atoms with Crippen molar-refractivity contribution in [2.45, 2.75) is 4.75 Å². The average Bonchev–Trinajstić information content (AvgIpc) is 2.60. The first kappa shape index (κ1) is 17.4. The zero-order valence-electron chi connectivity index (χ0n) is 13.4. The van der Waals surface area contributed by atoms with Crippen molar-refractivity contribution in [1.29, 1.82) is 0 Å². The summed E-state index contributed by atoms with van der Waals surface area (Å²) < 4.78 is 52.0. The van der Waals surface area contributed by atoms with Crippen molar-refractivity contribution in [3.05, 3.63) is 107 Å². The van der Waals surface area contributed by atoms with E-state index in [0.29, 0.717) is 16.7 Å². The van der Waals surface area contributed by atoms with Gasteiger partial charge in [0.15, 0.2) is 0 Å². The van der Waals surface area contributed by atoms with Crippen LogP contribution in [0.4, 0.5) is 13.2 Å². The third kappa shape index (κ3) is 3.12. The Hall–Kier alpha value is -2.40. The van der Waals surface area contributed by atoms with E-state index in [1.165, 1.54) is 42.7 Å². The Morgan fingerprint density at radius 2 is 0.840 bits per heavy atom. The first-order valence-corrected chi connectivity index (χ1v) is 9.12. The van der Waals surface area contributed by atoms with Crippen molar-refractivity contribution in [2.75, 3.05) is 6.26 Å². The highest BCUT2D eigenvalue weighted by Crippen LogP contribution is 2.42. The van der Waals surface area contributed by atoms with Gasteiger partial charge in [0.2, 0.25) is 0 Å². The van der Waals surface area contributed by atoms with Gasteiger partial charge in [-0.05, 0) is 53.1 Å². The van der Waals surface area contributed by atoms with Crippen LogP contribution in [-0.4, -0.2) is 10.5 Å². The van der Waals surface area contributed by atoms with E-state index in [0.717, 1.165) is 0 Å². The maximum absolute atomic E-state index is 13.4. The summed E-state index contributed by atoms with van der Waals surface area (Å²) in [5.74, 6) is -1.26. The van der Waals surface area contributed by atoms with Gasteiger partial charge < -0.3 is 0 Å². The molecule has 1 atom stereocenters. The van der Waals surface area contributed by atoms with Gasteiger partial charge in [-0.25, -0.2) is 13.2 Å². The molecule has 0 saturated carbocycles. The molecule has 5 heteroatoms. The molecule has 1 unspecified atom stereocenters. The zero-order chi connectivity index (χ0) is 18.0. The molecule has 128 valence electrons. The topological polar surface area (TPSA) is 17.1 Å². The normalized spacial score (nSPS) is 12.8. The molecule has 0 saturated heterocycles. The van der Waals surface area contributed by atoms with Gasteiger partial charge >= 0.3 is 0 Å². The molecule has 0 aromatic heterocycles. The van der Waals surface area contributed by atoms with Gasteiger partial charge in [0.1, 0.15) is 22.2 Å². The lowest BCUT2D eigenvalue weighted by molar-refractivity contribution is 0.621. The van der Waals surface area contributed by atoms with Crippen LogP contribution in [0.25, 0.3) is 0 Å². The molecule has 0 bridgehead atoms. The minimum Gasteiger partial charge on any atom is -0.258 e. The fraction of sp³-hybridized carbons (Fsp3) is 0.100. The average molecular weight is 360 g/mol. The van der Waals surface area contributed by atoms with Crippen molar-refractivity contribution in [2.24, 2.45) is 0 Å². The second-order valence-corrected chi connectivity index (χ2v) is 7.18. The molecule has 0 heterocycles. The van der Waals surface area contributed by atoms with Crippen LogP contribution in [0.2, 0.25) is 0 Å². The van der Waals surface area contributed by atoms with Crippen LogP contribution in [0.1, 0.15) is 16.7 Å². The van der Waals surface area contributed by atoms with E-state index in [9.17, 15) is 17.4 Å². The molecule has 0 aliphatic carbocycles. The summed E-state index contributed by atoms with van der Waals surface area (Å²) in [6.45, 7) is 0. The molecule has 0 aliphatic rings. The lowest BCUT2D eigenvalue weighted by Crippen LogP contribution is -2.34. The Kier molecular flexibility index (Phi) is 4.77. The lowest BCUT2D eigenvalue weighted by Gasteiger charge is -2.33. The Morgan fingerprint density at radius 1 is 0.600 bits per heavy atom. The van der Waals surface area contributed by atoms with Crippen LogP contribution in [0.5, 0.6) is 0 Å². The Balaban J connectivity index is 2.35. The minimum absolute atomic E-state index is 0.419. The van der Waals surface area contributed by atoms with Gasteiger partial charge in [-0.3, -0.25) is 4.21 Å². The van der Waals surface area contributed by atoms with Crippen molar-refractivity contribution in [1.82, 2.24) is 0 Å². The molecule has 0 fully saturated rings. The van der Waals surface area contributed by atoms with E-state index < -0.39 is 33.0 Å². The monoisotopic (exact) mass is 360 g/mol. The smallest absolute Gasteiger partial charge is 0.123 e. The van der Waals surface area contributed by atoms with Gasteiger partial charge in [-0.2, -0.15) is 0 Å². The SMILES string of the molecule is CS(=O)C(c1ccc(F)cc1)(c1ccc(F)cc1)c1ccc(F)cc1. The molecule has 0 aliphatic heterocycles. The summed E-state index contributed by atoms with van der Waals surface area (Å²) in [5.41, 5.74) is 1.73. The largest absolute Gasteiger partial charge is 0.258 e. The van der Waals surface area contributed by atoms with Gasteiger partial charge in [-0.1, -0.05) is 36.4 Å². The Bertz CT molecular complexity index is 777. The molecule has 25 heavy (non-hydrogen) atoms. The van der Waals surface area contributed by atoms with E-state index in [-0.39, 0.29) is 0 Å². The van der Waals surface area contributed by atoms with E-state index in [2.05, 4.69) is 0 Å². The second kappa shape index (κ2) is 6.84. The van der Waals surface area contributed by atoms with E-state index in [1.807, 2.05) is 0 Å². The first-order chi connectivity index (χ1) is 11.9. The van der Waals surface area contributed by atoms with Crippen LogP contribution in [0, 0.1) is 17.5 Å². The third-order valence-corrected chi connectivity index (χ3v) is 5.75. The molecule has 0 spiro atoms. The van der Waals surface area contributed by atoms with Crippen LogP contribution >= 0.6 is 0 Å². The number of benzene rings is 3. The van der Waals surface area contributed by atoms with E-state index in [1.54, 1.807) is 36.4 Å². The van der Waals surface area contributed by atoms with E-state index >= 15 is 0 Å². The fourth-order valence-corrected chi connectivity index (χ4v) is 4.46. The molecule has 0 amide bonds. The van der Waals surface area contributed by atoms with Gasteiger partial charge in [-0.15, -0.1) is 0 Å². The fourth-order valence-electron chi connectivity index (χ4n) is 3.05. The van der Waals surface area contributed by atoms with Gasteiger partial charge in [0.05, 0.1) is 0 Å². The Morgan fingerprint density at radius 3 is 1.04 bits per heavy atom. The van der Waals surface area contributed by atoms with Crippen molar-refractivity contribution >= 4 is 10.8 Å². The minimum atomic E-state index is -1.50. The Labute approximate surface area is 146 Å². The quantitative estimate of drug-likeness (QED) is 0.612. The van der Waals surface area contributed by atoms with Crippen LogP contribution < -0.4 is 0 Å². The molecule has 1 nitrogen and oxygen atoms in total. The standard InChI is InChI=1S/C20H15F3OS/c1-25(24)20(14-2-8-17(21)9-3-14,15-4-10-18(22)11-5-15)16-6-12-19(23)13-7-16/h2-13H,1H3. The number of hydrogen-bond acceptors (Lipinski definition) is 1. The number of hydrogen-bond donors (Lipinski definition) is 0.